The van der Waals surface area contributed by atoms with E-state index in [1.54, 1.807) is 0 Å². The summed E-state index contributed by atoms with van der Waals surface area (Å²) in [7, 11) is -9.91. The van der Waals surface area contributed by atoms with E-state index < -0.39 is 97.5 Å². The molecule has 0 aromatic carbocycles. The topological polar surface area (TPSA) is 237 Å². The van der Waals surface area contributed by atoms with Gasteiger partial charge < -0.3 is 33.8 Å². The Morgan fingerprint density at radius 2 is 0.537 bits per heavy atom. The van der Waals surface area contributed by atoms with Gasteiger partial charge in [-0.1, -0.05) is 337 Å². The van der Waals surface area contributed by atoms with Gasteiger partial charge in [0.15, 0.2) is 12.2 Å². The van der Waals surface area contributed by atoms with Crippen LogP contribution in [0.3, 0.4) is 0 Å². The summed E-state index contributed by atoms with van der Waals surface area (Å²) in [6.07, 6.45) is 52.9. The first-order valence-corrected chi connectivity index (χ1v) is 42.4. The van der Waals surface area contributed by atoms with Gasteiger partial charge in [-0.15, -0.1) is 0 Å². The Hall–Kier alpha value is -1.94. The average molecular weight is 1400 g/mol. The molecule has 6 atom stereocenters. The minimum atomic E-state index is -4.96. The number of phosphoric ester groups is 2. The molecule has 0 rings (SSSR count). The molecule has 0 fully saturated rings. The number of aliphatic hydroxyl groups is 1. The monoisotopic (exact) mass is 1400 g/mol. The zero-order valence-corrected chi connectivity index (χ0v) is 63.9. The highest BCUT2D eigenvalue weighted by molar-refractivity contribution is 7.47. The first kappa shape index (κ1) is 93.1. The Balaban J connectivity index is 5.22. The van der Waals surface area contributed by atoms with E-state index in [4.69, 9.17) is 37.0 Å². The number of hydrogen-bond acceptors (Lipinski definition) is 15. The first-order chi connectivity index (χ1) is 45.8. The zero-order valence-electron chi connectivity index (χ0n) is 62.1. The molecule has 0 saturated carbocycles. The number of rotatable bonds is 74. The van der Waals surface area contributed by atoms with Gasteiger partial charge in [-0.2, -0.15) is 0 Å². The molecule has 0 aliphatic rings. The van der Waals surface area contributed by atoms with E-state index in [0.29, 0.717) is 31.6 Å². The number of carbonyl (C=O) groups is 4. The highest BCUT2D eigenvalue weighted by Gasteiger charge is 2.30. The molecule has 3 unspecified atom stereocenters. The SMILES string of the molecule is CCCCCCCCCCCCCCCCCCCCC(=O)O[C@H](COC(=O)CCCCCCCCCCCCCCCCC(C)C)COP(=O)(O)OC[C@@H](O)COP(=O)(O)OC[C@@H](COC(=O)CCCCCCCCC(C)CC)OC(=O)CCCCCCCCCC(C)C. The summed E-state index contributed by atoms with van der Waals surface area (Å²) in [5.41, 5.74) is 0. The van der Waals surface area contributed by atoms with Gasteiger partial charge in [0.05, 0.1) is 26.4 Å². The van der Waals surface area contributed by atoms with E-state index in [-0.39, 0.29) is 25.7 Å². The summed E-state index contributed by atoms with van der Waals surface area (Å²) in [6.45, 7) is 11.8. The molecule has 0 aliphatic carbocycles. The fourth-order valence-electron chi connectivity index (χ4n) is 11.6. The molecule has 0 saturated heterocycles. The van der Waals surface area contributed by atoms with E-state index in [2.05, 4.69) is 48.5 Å². The van der Waals surface area contributed by atoms with Crippen molar-refractivity contribution in [1.82, 2.24) is 0 Å². The molecule has 564 valence electrons. The van der Waals surface area contributed by atoms with Crippen LogP contribution in [0, 0.1) is 17.8 Å². The lowest BCUT2D eigenvalue weighted by Gasteiger charge is -2.21. The number of aliphatic hydroxyl groups excluding tert-OH is 1. The molecule has 0 spiro atoms. The molecule has 0 bridgehead atoms. The van der Waals surface area contributed by atoms with Crippen LogP contribution in [0.1, 0.15) is 389 Å². The fraction of sp³-hybridized carbons (Fsp3) is 0.947. The molecular formula is C76H148O17P2. The predicted molar refractivity (Wildman–Crippen MR) is 386 cm³/mol. The number of esters is 4. The summed E-state index contributed by atoms with van der Waals surface area (Å²) in [5.74, 6) is 0.104. The summed E-state index contributed by atoms with van der Waals surface area (Å²) in [5, 5.41) is 10.6. The highest BCUT2D eigenvalue weighted by Crippen LogP contribution is 2.45. The largest absolute Gasteiger partial charge is 0.472 e. The Morgan fingerprint density at radius 3 is 0.800 bits per heavy atom. The Kier molecular flexibility index (Phi) is 65.2. The highest BCUT2D eigenvalue weighted by atomic mass is 31.2. The first-order valence-electron chi connectivity index (χ1n) is 39.4. The summed E-state index contributed by atoms with van der Waals surface area (Å²) in [6, 6.07) is 0. The van der Waals surface area contributed by atoms with Crippen molar-refractivity contribution in [1.29, 1.82) is 0 Å². The van der Waals surface area contributed by atoms with Crippen LogP contribution in [-0.4, -0.2) is 96.7 Å². The minimum absolute atomic E-state index is 0.103. The second kappa shape index (κ2) is 66.6. The van der Waals surface area contributed by atoms with Crippen LogP contribution in [0.4, 0.5) is 0 Å². The Bertz CT molecular complexity index is 1850. The van der Waals surface area contributed by atoms with Crippen LogP contribution < -0.4 is 0 Å². The summed E-state index contributed by atoms with van der Waals surface area (Å²) >= 11 is 0. The molecule has 0 aliphatic heterocycles. The van der Waals surface area contributed by atoms with E-state index in [0.717, 1.165) is 108 Å². The molecule has 17 nitrogen and oxygen atoms in total. The van der Waals surface area contributed by atoms with Crippen molar-refractivity contribution < 1.29 is 80.2 Å². The quantitative estimate of drug-likeness (QED) is 0.0222. The molecule has 0 aromatic rings. The molecule has 0 aromatic heterocycles. The number of carbonyl (C=O) groups excluding carboxylic acids is 4. The lowest BCUT2D eigenvalue weighted by atomic mass is 10.00. The lowest BCUT2D eigenvalue weighted by Crippen LogP contribution is -2.30. The van der Waals surface area contributed by atoms with Gasteiger partial charge >= 0.3 is 39.5 Å². The molecule has 3 N–H and O–H groups in total. The average Bonchev–Trinajstić information content (AvgIpc) is 2.55. The lowest BCUT2D eigenvalue weighted by molar-refractivity contribution is -0.161. The van der Waals surface area contributed by atoms with E-state index in [1.165, 1.54) is 193 Å². The second-order valence-electron chi connectivity index (χ2n) is 28.6. The van der Waals surface area contributed by atoms with Gasteiger partial charge in [0, 0.05) is 25.7 Å². The van der Waals surface area contributed by atoms with E-state index >= 15 is 0 Å². The number of ether oxygens (including phenoxy) is 4. The van der Waals surface area contributed by atoms with Crippen LogP contribution in [-0.2, 0) is 65.4 Å². The Labute approximate surface area is 581 Å². The van der Waals surface area contributed by atoms with Gasteiger partial charge in [0.2, 0.25) is 0 Å². The van der Waals surface area contributed by atoms with Crippen LogP contribution in [0.2, 0.25) is 0 Å². The van der Waals surface area contributed by atoms with Crippen LogP contribution in [0.15, 0.2) is 0 Å². The number of unbranched alkanes of at least 4 members (excludes halogenated alkanes) is 41. The number of phosphoric acid groups is 2. The normalized spacial score (nSPS) is 14.4. The Morgan fingerprint density at radius 1 is 0.305 bits per heavy atom. The van der Waals surface area contributed by atoms with Crippen molar-refractivity contribution in [2.45, 2.75) is 407 Å². The van der Waals surface area contributed by atoms with E-state index in [9.17, 15) is 43.2 Å². The van der Waals surface area contributed by atoms with Gasteiger partial charge in [-0.3, -0.25) is 37.3 Å². The molecule has 0 amide bonds. The molecular weight excluding hydrogens is 1250 g/mol. The van der Waals surface area contributed by atoms with Gasteiger partial charge in [0.25, 0.3) is 0 Å². The van der Waals surface area contributed by atoms with Crippen molar-refractivity contribution >= 4 is 39.5 Å². The van der Waals surface area contributed by atoms with Crippen molar-refractivity contribution in [2.24, 2.45) is 17.8 Å². The van der Waals surface area contributed by atoms with Crippen LogP contribution in [0.25, 0.3) is 0 Å². The molecule has 0 heterocycles. The van der Waals surface area contributed by atoms with Crippen LogP contribution >= 0.6 is 15.6 Å². The van der Waals surface area contributed by atoms with Gasteiger partial charge in [0.1, 0.15) is 19.3 Å². The minimum Gasteiger partial charge on any atom is -0.462 e. The third-order valence-electron chi connectivity index (χ3n) is 18.0. The molecule has 0 radical (unpaired) electrons. The van der Waals surface area contributed by atoms with Crippen molar-refractivity contribution in [3.8, 4) is 0 Å². The maximum atomic E-state index is 13.1. The third-order valence-corrected chi connectivity index (χ3v) is 19.9. The summed E-state index contributed by atoms with van der Waals surface area (Å²) < 4.78 is 68.5. The van der Waals surface area contributed by atoms with E-state index in [1.807, 2.05) is 0 Å². The molecule has 19 heteroatoms. The summed E-state index contributed by atoms with van der Waals surface area (Å²) in [4.78, 5) is 72.8. The third kappa shape index (κ3) is 69.0. The zero-order chi connectivity index (χ0) is 70.1. The van der Waals surface area contributed by atoms with Crippen molar-refractivity contribution in [3.05, 3.63) is 0 Å². The maximum absolute atomic E-state index is 13.1. The van der Waals surface area contributed by atoms with Gasteiger partial charge in [-0.25, -0.2) is 9.13 Å². The van der Waals surface area contributed by atoms with Crippen LogP contribution in [0.5, 0.6) is 0 Å². The maximum Gasteiger partial charge on any atom is 0.472 e. The van der Waals surface area contributed by atoms with Crippen molar-refractivity contribution in [3.63, 3.8) is 0 Å². The van der Waals surface area contributed by atoms with Crippen molar-refractivity contribution in [2.75, 3.05) is 39.6 Å². The van der Waals surface area contributed by atoms with Gasteiger partial charge in [-0.05, 0) is 43.4 Å². The predicted octanol–water partition coefficient (Wildman–Crippen LogP) is 22.2. The smallest absolute Gasteiger partial charge is 0.462 e. The second-order valence-corrected chi connectivity index (χ2v) is 31.5. The molecule has 95 heavy (non-hydrogen) atoms. The number of hydrogen-bond donors (Lipinski definition) is 3. The fourth-order valence-corrected chi connectivity index (χ4v) is 13.1. The standard InChI is InChI=1S/C76H148O17P2/c1-8-10-11-12-13-14-15-16-17-18-19-20-25-28-31-36-45-52-59-75(80)92-71(63-86-73(78)57-50-43-35-30-27-24-22-21-23-26-29-33-40-47-54-67(3)4)65-90-94(82,83)88-61-70(77)62-89-95(84,85)91-66-72(93-76(81)60-53-46-37-32-34-41-48-55-68(5)6)64-87-74(79)58-51-44-39-38-42-49-56-69(7)9-2/h67-72,77H,8-66H2,1-7H3,(H,82,83)(H,84,85)/t69?,70-,71-,72-/m1/s1.